The molecule has 2 N–H and O–H groups in total. The first kappa shape index (κ1) is 24.8. The first-order valence-corrected chi connectivity index (χ1v) is 10.3. The lowest BCUT2D eigenvalue weighted by atomic mass is 9.80. The van der Waals surface area contributed by atoms with Crippen LogP contribution >= 0.6 is 0 Å². The molecule has 1 aliphatic carbocycles. The predicted octanol–water partition coefficient (Wildman–Crippen LogP) is 5.79. The van der Waals surface area contributed by atoms with Crippen molar-refractivity contribution in [1.29, 1.82) is 0 Å². The van der Waals surface area contributed by atoms with E-state index in [0.29, 0.717) is 0 Å². The molecule has 0 radical (unpaired) electrons. The van der Waals surface area contributed by atoms with Crippen molar-refractivity contribution in [2.45, 2.75) is 28.8 Å². The van der Waals surface area contributed by atoms with Crippen LogP contribution in [0.1, 0.15) is 5.56 Å². The Morgan fingerprint density at radius 1 is 0.818 bits per heavy atom. The number of rotatable bonds is 3. The monoisotopic (exact) mass is 501 g/mol. The summed E-state index contributed by atoms with van der Waals surface area (Å²) in [5.41, 5.74) is -11.4. The van der Waals surface area contributed by atoms with E-state index >= 15 is 0 Å². The zero-order chi connectivity index (χ0) is 25.0. The van der Waals surface area contributed by atoms with Crippen molar-refractivity contribution in [1.82, 2.24) is 0 Å². The number of hydrogen-bond donors (Lipinski definition) is 1. The summed E-state index contributed by atoms with van der Waals surface area (Å²) in [6, 6.07) is 9.93. The van der Waals surface area contributed by atoms with E-state index in [-0.39, 0.29) is 11.1 Å². The highest BCUT2D eigenvalue weighted by Gasteiger charge is 2.75. The van der Waals surface area contributed by atoms with Gasteiger partial charge in [0, 0.05) is 5.56 Å². The van der Waals surface area contributed by atoms with Crippen LogP contribution < -0.4 is 5.14 Å². The van der Waals surface area contributed by atoms with Gasteiger partial charge in [-0.1, -0.05) is 42.5 Å². The Morgan fingerprint density at radius 3 is 1.88 bits per heavy atom. The molecule has 178 valence electrons. The van der Waals surface area contributed by atoms with E-state index < -0.39 is 67.7 Å². The number of allylic oxidation sites excluding steroid dienone is 4. The summed E-state index contributed by atoms with van der Waals surface area (Å²) in [7, 11) is -4.81. The van der Waals surface area contributed by atoms with Gasteiger partial charge in [0.25, 0.3) is 5.67 Å². The van der Waals surface area contributed by atoms with Crippen LogP contribution in [0.2, 0.25) is 0 Å². The molecule has 0 bridgehead atoms. The summed E-state index contributed by atoms with van der Waals surface area (Å²) in [6.45, 7) is 0. The predicted molar refractivity (Wildman–Crippen MR) is 100 cm³/mol. The first-order chi connectivity index (χ1) is 14.9. The van der Waals surface area contributed by atoms with Gasteiger partial charge in [0.2, 0.25) is 10.0 Å². The second-order valence-electron chi connectivity index (χ2n) is 7.03. The molecule has 0 saturated heterocycles. The van der Waals surface area contributed by atoms with Gasteiger partial charge in [-0.15, -0.1) is 0 Å². The quantitative estimate of drug-likeness (QED) is 0.542. The number of alkyl halides is 9. The molecule has 1 unspecified atom stereocenters. The number of hydrogen-bond acceptors (Lipinski definition) is 2. The van der Waals surface area contributed by atoms with Crippen molar-refractivity contribution in [2.24, 2.45) is 5.14 Å². The lowest BCUT2D eigenvalue weighted by molar-refractivity contribution is -0.281. The van der Waals surface area contributed by atoms with Crippen LogP contribution in [0.5, 0.6) is 0 Å². The molecule has 3 nitrogen and oxygen atoms in total. The molecule has 2 aromatic rings. The summed E-state index contributed by atoms with van der Waals surface area (Å²) in [4.78, 5) is -0.984. The van der Waals surface area contributed by atoms with Gasteiger partial charge in [-0.05, 0) is 34.9 Å². The number of halogens is 9. The van der Waals surface area contributed by atoms with Gasteiger partial charge < -0.3 is 0 Å². The second kappa shape index (κ2) is 7.62. The molecule has 0 amide bonds. The standard InChI is InChI=1S/C20H12F9NO2S/c21-17(20(27,28)29)10-12(9-15(18(17,22)23)19(24,25)26)16-13(11-5-2-1-3-6-11)7-4-8-14(16)33(30,31)32/h1-10H,(H2,30,31,32). The number of benzene rings is 2. The maximum atomic E-state index is 14.9. The van der Waals surface area contributed by atoms with Gasteiger partial charge in [-0.25, -0.2) is 17.9 Å². The highest BCUT2D eigenvalue weighted by molar-refractivity contribution is 7.89. The van der Waals surface area contributed by atoms with Gasteiger partial charge >= 0.3 is 18.3 Å². The zero-order valence-corrected chi connectivity index (χ0v) is 16.8. The molecule has 1 aliphatic rings. The molecule has 0 heterocycles. The van der Waals surface area contributed by atoms with Crippen LogP contribution in [0.15, 0.2) is 71.2 Å². The van der Waals surface area contributed by atoms with Crippen LogP contribution in [0, 0.1) is 0 Å². The van der Waals surface area contributed by atoms with Crippen LogP contribution in [-0.4, -0.2) is 32.4 Å². The van der Waals surface area contributed by atoms with Crippen molar-refractivity contribution in [3.63, 3.8) is 0 Å². The van der Waals surface area contributed by atoms with E-state index in [2.05, 4.69) is 0 Å². The molecule has 0 spiro atoms. The minimum absolute atomic E-state index is 0.0923. The molecule has 13 heteroatoms. The molecule has 2 aromatic carbocycles. The Balaban J connectivity index is 2.51. The van der Waals surface area contributed by atoms with Crippen molar-refractivity contribution in [3.8, 4) is 11.1 Å². The fourth-order valence-electron chi connectivity index (χ4n) is 3.38. The van der Waals surface area contributed by atoms with E-state index in [0.717, 1.165) is 18.2 Å². The minimum Gasteiger partial charge on any atom is -0.225 e. The number of nitrogens with two attached hydrogens (primary N) is 1. The molecule has 0 fully saturated rings. The Morgan fingerprint density at radius 2 is 1.39 bits per heavy atom. The van der Waals surface area contributed by atoms with Gasteiger partial charge in [0.15, 0.2) is 0 Å². The largest absolute Gasteiger partial charge is 0.432 e. The highest BCUT2D eigenvalue weighted by atomic mass is 32.2. The SMILES string of the molecule is NS(=O)(=O)c1cccc(-c2ccccc2)c1C1=CC(F)(C(F)(F)F)C(F)(F)C(C(F)(F)F)=C1. The topological polar surface area (TPSA) is 60.2 Å². The normalized spacial score (nSPS) is 21.4. The Labute approximate surface area is 181 Å². The van der Waals surface area contributed by atoms with Gasteiger partial charge in [-0.2, -0.15) is 35.1 Å². The van der Waals surface area contributed by atoms with Crippen LogP contribution in [0.25, 0.3) is 16.7 Å². The fourth-order valence-corrected chi connectivity index (χ4v) is 4.16. The lowest BCUT2D eigenvalue weighted by Gasteiger charge is -2.38. The molecule has 33 heavy (non-hydrogen) atoms. The molecule has 3 rings (SSSR count). The summed E-state index contributed by atoms with van der Waals surface area (Å²) < 4.78 is 148. The molecule has 0 aliphatic heterocycles. The minimum atomic E-state index is -6.49. The van der Waals surface area contributed by atoms with E-state index in [1.807, 2.05) is 0 Å². The summed E-state index contributed by atoms with van der Waals surface area (Å²) in [6.07, 6.45) is -13.7. The first-order valence-electron chi connectivity index (χ1n) is 8.78. The van der Waals surface area contributed by atoms with Crippen LogP contribution in [0.3, 0.4) is 0 Å². The van der Waals surface area contributed by atoms with Crippen molar-refractivity contribution in [3.05, 3.63) is 71.8 Å². The van der Waals surface area contributed by atoms with Gasteiger partial charge in [0.1, 0.15) is 5.57 Å². The molecular weight excluding hydrogens is 489 g/mol. The Kier molecular flexibility index (Phi) is 5.74. The van der Waals surface area contributed by atoms with Gasteiger partial charge in [0.05, 0.1) is 4.90 Å². The average Bonchev–Trinajstić information content (AvgIpc) is 2.67. The van der Waals surface area contributed by atoms with E-state index in [1.54, 1.807) is 0 Å². The van der Waals surface area contributed by atoms with E-state index in [9.17, 15) is 47.9 Å². The van der Waals surface area contributed by atoms with Gasteiger partial charge in [-0.3, -0.25) is 0 Å². The summed E-state index contributed by atoms with van der Waals surface area (Å²) in [5.74, 6) is -6.06. The maximum absolute atomic E-state index is 14.9. The van der Waals surface area contributed by atoms with Crippen molar-refractivity contribution < 1.29 is 47.9 Å². The Hall–Kier alpha value is -2.80. The zero-order valence-electron chi connectivity index (χ0n) is 16.0. The molecule has 0 saturated carbocycles. The molecule has 1 atom stereocenters. The Bertz CT molecular complexity index is 1250. The van der Waals surface area contributed by atoms with Crippen LogP contribution in [0.4, 0.5) is 39.5 Å². The third-order valence-corrected chi connectivity index (χ3v) is 5.83. The second-order valence-corrected chi connectivity index (χ2v) is 8.56. The average molecular weight is 501 g/mol. The maximum Gasteiger partial charge on any atom is 0.432 e. The number of primary sulfonamides is 1. The van der Waals surface area contributed by atoms with Crippen LogP contribution in [-0.2, 0) is 10.0 Å². The van der Waals surface area contributed by atoms with Crippen molar-refractivity contribution >= 4 is 15.6 Å². The smallest absolute Gasteiger partial charge is 0.225 e. The molecular formula is C20H12F9NO2S. The molecule has 0 aromatic heterocycles. The van der Waals surface area contributed by atoms with E-state index in [1.165, 1.54) is 30.3 Å². The third-order valence-electron chi connectivity index (χ3n) is 4.87. The third kappa shape index (κ3) is 4.14. The summed E-state index contributed by atoms with van der Waals surface area (Å²) in [5, 5.41) is 5.08. The number of sulfonamides is 1. The lowest BCUT2D eigenvalue weighted by Crippen LogP contribution is -2.58. The highest BCUT2D eigenvalue weighted by Crippen LogP contribution is 2.57. The summed E-state index contributed by atoms with van der Waals surface area (Å²) >= 11 is 0. The fraction of sp³-hybridized carbons (Fsp3) is 0.200. The van der Waals surface area contributed by atoms with E-state index in [4.69, 9.17) is 5.14 Å². The van der Waals surface area contributed by atoms with Crippen molar-refractivity contribution in [2.75, 3.05) is 0 Å².